The number of hydrogen-bond acceptors (Lipinski definition) is 6. The van der Waals surface area contributed by atoms with Gasteiger partial charge in [0.1, 0.15) is 18.2 Å². The van der Waals surface area contributed by atoms with Gasteiger partial charge in [0.05, 0.1) is 5.75 Å². The average molecular weight is 430 g/mol. The van der Waals surface area contributed by atoms with E-state index in [0.29, 0.717) is 17.5 Å². The zero-order valence-electron chi connectivity index (χ0n) is 17.1. The number of nitrogens with zero attached hydrogens (tertiary/aromatic N) is 4. The zero-order valence-corrected chi connectivity index (χ0v) is 17.9. The number of carbonyl (C=O) groups excluding carboxylic acids is 1. The number of nitrogens with two attached hydrogens (primary N) is 1. The van der Waals surface area contributed by atoms with Gasteiger partial charge in [-0.15, -0.1) is 10.2 Å². The fourth-order valence-corrected chi connectivity index (χ4v) is 3.67. The van der Waals surface area contributed by atoms with Crippen molar-refractivity contribution in [3.8, 4) is 5.75 Å². The number of thioether (sulfide) groups is 1. The van der Waals surface area contributed by atoms with E-state index in [1.165, 1.54) is 28.6 Å². The minimum absolute atomic E-state index is 0.0969. The van der Waals surface area contributed by atoms with Gasteiger partial charge in [0.25, 0.3) is 0 Å². The first kappa shape index (κ1) is 21.6. The first-order valence-electron chi connectivity index (χ1n) is 9.33. The van der Waals surface area contributed by atoms with Crippen molar-refractivity contribution < 1.29 is 13.9 Å². The Morgan fingerprint density at radius 2 is 1.83 bits per heavy atom. The number of aryl methyl sites for hydroxylation is 2. The zero-order chi connectivity index (χ0) is 21.7. The Bertz CT molecular complexity index is 1000. The van der Waals surface area contributed by atoms with Crippen LogP contribution in [0.1, 0.15) is 22.5 Å². The molecule has 30 heavy (non-hydrogen) atoms. The van der Waals surface area contributed by atoms with Crippen LogP contribution < -0.4 is 10.6 Å². The standard InChI is InChI=1S/C21H24FN5O2S/c1-14-8-15(2)10-18(9-14)29-12-19-24-25-21(27(19)23)30-13-20(28)26(3)11-16-4-6-17(22)7-5-16/h4-10H,11-13,23H2,1-3H3. The molecule has 0 radical (unpaired) electrons. The smallest absolute Gasteiger partial charge is 0.233 e. The molecule has 7 nitrogen and oxygen atoms in total. The Kier molecular flexibility index (Phi) is 6.94. The van der Waals surface area contributed by atoms with E-state index in [-0.39, 0.29) is 24.1 Å². The number of halogens is 1. The van der Waals surface area contributed by atoms with E-state index >= 15 is 0 Å². The van der Waals surface area contributed by atoms with Crippen LogP contribution in [0.2, 0.25) is 0 Å². The molecule has 1 amide bonds. The lowest BCUT2D eigenvalue weighted by molar-refractivity contribution is -0.127. The van der Waals surface area contributed by atoms with E-state index < -0.39 is 0 Å². The van der Waals surface area contributed by atoms with Gasteiger partial charge in [0.2, 0.25) is 11.1 Å². The van der Waals surface area contributed by atoms with Crippen LogP contribution in [0, 0.1) is 19.7 Å². The molecule has 0 unspecified atom stereocenters. The second kappa shape index (κ2) is 9.62. The molecule has 0 aliphatic carbocycles. The van der Waals surface area contributed by atoms with Gasteiger partial charge in [-0.2, -0.15) is 0 Å². The number of ether oxygens (including phenoxy) is 1. The van der Waals surface area contributed by atoms with Crippen molar-refractivity contribution in [2.24, 2.45) is 0 Å². The third-order valence-electron chi connectivity index (χ3n) is 4.38. The lowest BCUT2D eigenvalue weighted by atomic mass is 10.1. The Morgan fingerprint density at radius 1 is 1.17 bits per heavy atom. The second-order valence-electron chi connectivity index (χ2n) is 7.05. The highest BCUT2D eigenvalue weighted by atomic mass is 32.2. The van der Waals surface area contributed by atoms with Crippen molar-refractivity contribution in [3.63, 3.8) is 0 Å². The fraction of sp³-hybridized carbons (Fsp3) is 0.286. The highest BCUT2D eigenvalue weighted by molar-refractivity contribution is 7.99. The molecule has 9 heteroatoms. The summed E-state index contributed by atoms with van der Waals surface area (Å²) in [5.74, 6) is 7.02. The van der Waals surface area contributed by atoms with Gasteiger partial charge in [-0.25, -0.2) is 9.07 Å². The molecular weight excluding hydrogens is 405 g/mol. The van der Waals surface area contributed by atoms with Gasteiger partial charge < -0.3 is 15.5 Å². The van der Waals surface area contributed by atoms with Crippen LogP contribution in [0.15, 0.2) is 47.6 Å². The van der Waals surface area contributed by atoms with E-state index in [1.807, 2.05) is 26.0 Å². The van der Waals surface area contributed by atoms with Crippen LogP contribution in [0.4, 0.5) is 4.39 Å². The molecule has 2 aromatic carbocycles. The van der Waals surface area contributed by atoms with Crippen LogP contribution in [0.3, 0.4) is 0 Å². The normalized spacial score (nSPS) is 10.8. The Hall–Kier alpha value is -3.07. The summed E-state index contributed by atoms with van der Waals surface area (Å²) in [5.41, 5.74) is 3.07. The van der Waals surface area contributed by atoms with Gasteiger partial charge in [-0.3, -0.25) is 4.79 Å². The highest BCUT2D eigenvalue weighted by Gasteiger charge is 2.15. The third-order valence-corrected chi connectivity index (χ3v) is 5.31. The fourth-order valence-electron chi connectivity index (χ4n) is 2.86. The number of aromatic nitrogens is 3. The van der Waals surface area contributed by atoms with Gasteiger partial charge in [-0.05, 0) is 54.8 Å². The minimum Gasteiger partial charge on any atom is -0.486 e. The van der Waals surface area contributed by atoms with Crippen molar-refractivity contribution >= 4 is 17.7 Å². The lowest BCUT2D eigenvalue weighted by Crippen LogP contribution is -2.28. The van der Waals surface area contributed by atoms with Crippen molar-refractivity contribution in [2.45, 2.75) is 32.2 Å². The largest absolute Gasteiger partial charge is 0.486 e. The second-order valence-corrected chi connectivity index (χ2v) is 7.99. The van der Waals surface area contributed by atoms with Crippen molar-refractivity contribution in [1.82, 2.24) is 19.8 Å². The molecule has 3 rings (SSSR count). The molecule has 0 spiro atoms. The summed E-state index contributed by atoms with van der Waals surface area (Å²) in [6, 6.07) is 12.0. The molecule has 0 atom stereocenters. The topological polar surface area (TPSA) is 86.3 Å². The van der Waals surface area contributed by atoms with Crippen molar-refractivity contribution in [1.29, 1.82) is 0 Å². The average Bonchev–Trinajstić information content (AvgIpc) is 3.05. The van der Waals surface area contributed by atoms with Gasteiger partial charge in [0, 0.05) is 13.6 Å². The molecule has 158 valence electrons. The van der Waals surface area contributed by atoms with E-state index in [4.69, 9.17) is 10.6 Å². The summed E-state index contributed by atoms with van der Waals surface area (Å²) in [6.45, 7) is 4.57. The number of rotatable bonds is 8. The monoisotopic (exact) mass is 429 g/mol. The van der Waals surface area contributed by atoms with E-state index in [0.717, 1.165) is 22.4 Å². The van der Waals surface area contributed by atoms with E-state index in [2.05, 4.69) is 16.3 Å². The van der Waals surface area contributed by atoms with Gasteiger partial charge >= 0.3 is 0 Å². The number of hydrogen-bond donors (Lipinski definition) is 1. The van der Waals surface area contributed by atoms with E-state index in [9.17, 15) is 9.18 Å². The number of carbonyl (C=O) groups is 1. The van der Waals surface area contributed by atoms with Crippen molar-refractivity contribution in [3.05, 3.63) is 70.8 Å². The van der Waals surface area contributed by atoms with Crippen LogP contribution in [0.5, 0.6) is 5.75 Å². The SMILES string of the molecule is Cc1cc(C)cc(OCc2nnc(SCC(=O)N(C)Cc3ccc(F)cc3)n2N)c1. The van der Waals surface area contributed by atoms with Crippen LogP contribution in [-0.4, -0.2) is 38.5 Å². The molecular formula is C21H24FN5O2S. The molecule has 0 saturated heterocycles. The van der Waals surface area contributed by atoms with E-state index in [1.54, 1.807) is 24.1 Å². The molecule has 0 saturated carbocycles. The van der Waals surface area contributed by atoms with Gasteiger partial charge in [-0.1, -0.05) is 30.0 Å². The van der Waals surface area contributed by atoms with Crippen molar-refractivity contribution in [2.75, 3.05) is 18.6 Å². The molecule has 3 aromatic rings. The molecule has 0 fully saturated rings. The molecule has 2 N–H and O–H groups in total. The maximum absolute atomic E-state index is 13.0. The molecule has 1 aromatic heterocycles. The Labute approximate surface area is 179 Å². The summed E-state index contributed by atoms with van der Waals surface area (Å²) >= 11 is 1.20. The summed E-state index contributed by atoms with van der Waals surface area (Å²) in [4.78, 5) is 14.0. The first-order valence-corrected chi connectivity index (χ1v) is 10.3. The first-order chi connectivity index (χ1) is 14.3. The quantitative estimate of drug-likeness (QED) is 0.437. The summed E-state index contributed by atoms with van der Waals surface area (Å²) < 4.78 is 20.1. The molecule has 0 aliphatic rings. The lowest BCUT2D eigenvalue weighted by Gasteiger charge is -2.17. The minimum atomic E-state index is -0.303. The summed E-state index contributed by atoms with van der Waals surface area (Å²) in [5, 5.41) is 8.53. The Morgan fingerprint density at radius 3 is 2.50 bits per heavy atom. The molecule has 0 bridgehead atoms. The maximum Gasteiger partial charge on any atom is 0.233 e. The molecule has 0 aliphatic heterocycles. The Balaban J connectivity index is 1.52. The molecule has 1 heterocycles. The van der Waals surface area contributed by atoms with Crippen LogP contribution in [0.25, 0.3) is 0 Å². The summed E-state index contributed by atoms with van der Waals surface area (Å²) in [7, 11) is 1.70. The van der Waals surface area contributed by atoms with Crippen LogP contribution >= 0.6 is 11.8 Å². The number of amides is 1. The van der Waals surface area contributed by atoms with Gasteiger partial charge in [0.15, 0.2) is 5.82 Å². The maximum atomic E-state index is 13.0. The predicted molar refractivity (Wildman–Crippen MR) is 114 cm³/mol. The predicted octanol–water partition coefficient (Wildman–Crippen LogP) is 3.08. The summed E-state index contributed by atoms with van der Waals surface area (Å²) in [6.07, 6.45) is 0. The number of benzene rings is 2. The highest BCUT2D eigenvalue weighted by Crippen LogP contribution is 2.19. The third kappa shape index (κ3) is 5.73. The van der Waals surface area contributed by atoms with Crippen LogP contribution in [-0.2, 0) is 17.9 Å². The number of nitrogen functional groups attached to an aromatic ring is 1.